The molecule has 0 radical (unpaired) electrons. The van der Waals surface area contributed by atoms with E-state index in [1.807, 2.05) is 55.5 Å². The number of aliphatic imine (C=N–C) groups is 1. The number of carbonyl (C=O) groups is 5. The Labute approximate surface area is 330 Å². The monoisotopic (exact) mass is 783 g/mol. The maximum Gasteiger partial charge on any atom is 0.414 e. The second-order valence-electron chi connectivity index (χ2n) is 14.5. The Hall–Kier alpha value is -5.22. The summed E-state index contributed by atoms with van der Waals surface area (Å²) >= 11 is 0. The molecule has 0 aliphatic rings. The molecule has 56 heavy (non-hydrogen) atoms. The number of nitrogens with zero attached hydrogens (tertiary/aromatic N) is 2. The molecule has 0 aromatic heterocycles. The van der Waals surface area contributed by atoms with Gasteiger partial charge < -0.3 is 35.6 Å². The van der Waals surface area contributed by atoms with Crippen molar-refractivity contribution in [2.24, 2.45) is 4.99 Å². The lowest BCUT2D eigenvalue weighted by atomic mass is 10.0. The van der Waals surface area contributed by atoms with E-state index in [9.17, 15) is 24.0 Å². The van der Waals surface area contributed by atoms with E-state index in [0.29, 0.717) is 51.6 Å². The average Bonchev–Trinajstić information content (AvgIpc) is 3.12. The second-order valence-corrected chi connectivity index (χ2v) is 14.5. The lowest BCUT2D eigenvalue weighted by Crippen LogP contribution is -2.50. The van der Waals surface area contributed by atoms with Crippen LogP contribution in [0, 0.1) is 0 Å². The summed E-state index contributed by atoms with van der Waals surface area (Å²) in [7, 11) is 1.50. The standard InChI is InChI=1S/C40H61N7O9/c1-29(43-37(50)51)23-27-47(28-30-18-10-8-11-19-30)26-17-16-24-41-35(49)33(34(55-5)31-20-12-9-13-21-31)44-32(48)22-14-6-7-15-25-42-36(45-38(52)53)46-39(54)56-40(2,3)4/h8-13,18-21,29,33-34,43H,6-7,14-17,22-28H2,1-5H3,(H,41,49)(H,44,48)(H,50,51)(H,52,53)(H2,42,45,46,54)/t29-,33+,34?/m1/s1. The Morgan fingerprint density at radius 2 is 1.46 bits per heavy atom. The van der Waals surface area contributed by atoms with Crippen molar-refractivity contribution in [3.05, 3.63) is 71.8 Å². The van der Waals surface area contributed by atoms with Gasteiger partial charge in [0.05, 0.1) is 0 Å². The van der Waals surface area contributed by atoms with Gasteiger partial charge in [-0.1, -0.05) is 73.5 Å². The summed E-state index contributed by atoms with van der Waals surface area (Å²) in [6.07, 6.45) is 0.866. The average molecular weight is 784 g/mol. The minimum absolute atomic E-state index is 0.183. The molecule has 3 atom stereocenters. The molecule has 2 rings (SSSR count). The van der Waals surface area contributed by atoms with Gasteiger partial charge in [-0.3, -0.25) is 30.1 Å². The third-order valence-corrected chi connectivity index (χ3v) is 8.41. The van der Waals surface area contributed by atoms with E-state index in [1.54, 1.807) is 20.8 Å². The maximum atomic E-state index is 13.6. The molecule has 0 fully saturated rings. The van der Waals surface area contributed by atoms with E-state index in [-0.39, 0.29) is 36.8 Å². The molecule has 2 aromatic rings. The van der Waals surface area contributed by atoms with Crippen molar-refractivity contribution in [3.8, 4) is 0 Å². The minimum atomic E-state index is -1.38. The molecular formula is C40H61N7O9. The lowest BCUT2D eigenvalue weighted by Gasteiger charge is -2.27. The molecule has 0 aliphatic carbocycles. The number of guanidine groups is 1. The van der Waals surface area contributed by atoms with Crippen LogP contribution in [0.3, 0.4) is 0 Å². The van der Waals surface area contributed by atoms with E-state index in [0.717, 1.165) is 30.6 Å². The summed E-state index contributed by atoms with van der Waals surface area (Å²) in [6, 6.07) is 18.1. The number of methoxy groups -OCH3 is 1. The van der Waals surface area contributed by atoms with Crippen LogP contribution in [0.5, 0.6) is 0 Å². The number of amides is 5. The summed E-state index contributed by atoms with van der Waals surface area (Å²) < 4.78 is 10.9. The molecule has 7 N–H and O–H groups in total. The fraction of sp³-hybridized carbons (Fsp3) is 0.550. The van der Waals surface area contributed by atoms with Crippen LogP contribution in [0.2, 0.25) is 0 Å². The van der Waals surface area contributed by atoms with Crippen LogP contribution in [0.15, 0.2) is 65.7 Å². The molecule has 0 aliphatic heterocycles. The molecular weight excluding hydrogens is 722 g/mol. The molecule has 16 heteroatoms. The van der Waals surface area contributed by atoms with Crippen molar-refractivity contribution in [1.82, 2.24) is 31.5 Å². The van der Waals surface area contributed by atoms with Gasteiger partial charge in [-0.25, -0.2) is 14.4 Å². The number of rotatable bonds is 23. The molecule has 310 valence electrons. The van der Waals surface area contributed by atoms with E-state index in [1.165, 1.54) is 7.11 Å². The fourth-order valence-electron chi connectivity index (χ4n) is 5.74. The van der Waals surface area contributed by atoms with Crippen molar-refractivity contribution in [3.63, 3.8) is 0 Å². The van der Waals surface area contributed by atoms with Crippen molar-refractivity contribution < 1.29 is 43.7 Å². The highest BCUT2D eigenvalue weighted by molar-refractivity contribution is 6.00. The topological polar surface area (TPSA) is 220 Å². The third kappa shape index (κ3) is 21.0. The van der Waals surface area contributed by atoms with Gasteiger partial charge in [0.25, 0.3) is 0 Å². The first-order chi connectivity index (χ1) is 26.7. The number of ether oxygens (including phenoxy) is 2. The van der Waals surface area contributed by atoms with Crippen LogP contribution in [-0.4, -0.2) is 102 Å². The molecule has 0 saturated carbocycles. The molecule has 2 aromatic carbocycles. The lowest BCUT2D eigenvalue weighted by molar-refractivity contribution is -0.132. The first kappa shape index (κ1) is 46.9. The summed E-state index contributed by atoms with van der Waals surface area (Å²) in [5, 5.41) is 30.9. The molecule has 0 heterocycles. The molecule has 5 amide bonds. The normalized spacial score (nSPS) is 13.2. The second kappa shape index (κ2) is 25.8. The van der Waals surface area contributed by atoms with Crippen molar-refractivity contribution in [2.45, 2.75) is 109 Å². The molecule has 16 nitrogen and oxygen atoms in total. The van der Waals surface area contributed by atoms with Crippen LogP contribution in [-0.2, 0) is 25.6 Å². The zero-order valence-corrected chi connectivity index (χ0v) is 33.3. The predicted octanol–water partition coefficient (Wildman–Crippen LogP) is 5.40. The smallest absolute Gasteiger partial charge is 0.414 e. The Bertz CT molecular complexity index is 1520. The SMILES string of the molecule is COC(c1ccccc1)[C@H](NC(=O)CCCCCCN=C(NC(=O)O)NC(=O)OC(C)(C)C)C(=O)NCCCCN(CC[C@@H](C)NC(=O)O)Cc1ccccc1. The number of benzene rings is 2. The van der Waals surface area contributed by atoms with E-state index >= 15 is 0 Å². The van der Waals surface area contributed by atoms with Gasteiger partial charge in [0.15, 0.2) is 0 Å². The van der Waals surface area contributed by atoms with Crippen LogP contribution < -0.4 is 26.6 Å². The van der Waals surface area contributed by atoms with Crippen molar-refractivity contribution in [1.29, 1.82) is 0 Å². The van der Waals surface area contributed by atoms with Crippen molar-refractivity contribution in [2.75, 3.05) is 33.3 Å². The van der Waals surface area contributed by atoms with Gasteiger partial charge in [-0.2, -0.15) is 0 Å². The van der Waals surface area contributed by atoms with Crippen molar-refractivity contribution >= 4 is 36.1 Å². The molecule has 1 unspecified atom stereocenters. The van der Waals surface area contributed by atoms with Gasteiger partial charge in [0.2, 0.25) is 17.8 Å². The van der Waals surface area contributed by atoms with Crippen LogP contribution in [0.25, 0.3) is 0 Å². The number of unbranched alkanes of at least 4 members (excludes halogenated alkanes) is 4. The predicted molar refractivity (Wildman–Crippen MR) is 213 cm³/mol. The highest BCUT2D eigenvalue weighted by Gasteiger charge is 2.31. The van der Waals surface area contributed by atoms with Gasteiger partial charge in [0, 0.05) is 45.8 Å². The van der Waals surface area contributed by atoms with E-state index in [4.69, 9.17) is 19.7 Å². The zero-order chi connectivity index (χ0) is 41.3. The largest absolute Gasteiger partial charge is 0.465 e. The number of carbonyl (C=O) groups excluding carboxylic acids is 3. The number of hydrogen-bond acceptors (Lipinski definition) is 9. The summed E-state index contributed by atoms with van der Waals surface area (Å²) in [6.45, 7) is 9.71. The number of alkyl carbamates (subject to hydrolysis) is 1. The number of hydrogen-bond donors (Lipinski definition) is 7. The summed E-state index contributed by atoms with van der Waals surface area (Å²) in [5.41, 5.74) is 1.14. The third-order valence-electron chi connectivity index (χ3n) is 8.41. The van der Waals surface area contributed by atoms with E-state index < -0.39 is 36.0 Å². The minimum Gasteiger partial charge on any atom is -0.465 e. The van der Waals surface area contributed by atoms with Gasteiger partial charge in [-0.15, -0.1) is 0 Å². The summed E-state index contributed by atoms with van der Waals surface area (Å²) in [4.78, 5) is 67.3. The van der Waals surface area contributed by atoms with Gasteiger partial charge in [-0.05, 0) is 77.5 Å². The Kier molecular flexibility index (Phi) is 21.6. The van der Waals surface area contributed by atoms with Gasteiger partial charge >= 0.3 is 18.3 Å². The zero-order valence-electron chi connectivity index (χ0n) is 33.3. The Morgan fingerprint density at radius 3 is 2.09 bits per heavy atom. The number of nitrogens with one attached hydrogen (secondary N) is 5. The Balaban J connectivity index is 1.90. The Morgan fingerprint density at radius 1 is 0.804 bits per heavy atom. The first-order valence-corrected chi connectivity index (χ1v) is 19.1. The van der Waals surface area contributed by atoms with Crippen LogP contribution in [0.1, 0.15) is 96.3 Å². The quantitative estimate of drug-likeness (QED) is 0.0432. The number of carboxylic acid groups (broad SMARTS) is 2. The molecule has 0 spiro atoms. The molecule has 0 bridgehead atoms. The fourth-order valence-corrected chi connectivity index (χ4v) is 5.74. The van der Waals surface area contributed by atoms with E-state index in [2.05, 4.69) is 48.6 Å². The van der Waals surface area contributed by atoms with Crippen LogP contribution >= 0.6 is 0 Å². The van der Waals surface area contributed by atoms with Gasteiger partial charge in [0.1, 0.15) is 17.7 Å². The maximum absolute atomic E-state index is 13.6. The highest BCUT2D eigenvalue weighted by atomic mass is 16.6. The summed E-state index contributed by atoms with van der Waals surface area (Å²) in [5.74, 6) is -0.879. The van der Waals surface area contributed by atoms with Crippen LogP contribution in [0.4, 0.5) is 14.4 Å². The molecule has 0 saturated heterocycles. The highest BCUT2D eigenvalue weighted by Crippen LogP contribution is 2.21. The first-order valence-electron chi connectivity index (χ1n) is 19.1.